The van der Waals surface area contributed by atoms with Gasteiger partial charge in [0.25, 0.3) is 0 Å². The van der Waals surface area contributed by atoms with Crippen molar-refractivity contribution in [2.75, 3.05) is 39.5 Å². The van der Waals surface area contributed by atoms with Crippen molar-refractivity contribution < 1.29 is 27.4 Å². The Labute approximate surface area is 193 Å². The highest BCUT2D eigenvalue weighted by molar-refractivity contribution is 7.89. The molecule has 0 radical (unpaired) electrons. The van der Waals surface area contributed by atoms with Gasteiger partial charge in [0.05, 0.1) is 18.1 Å². The lowest BCUT2D eigenvalue weighted by Gasteiger charge is -2.26. The van der Waals surface area contributed by atoms with Crippen LogP contribution >= 0.6 is 0 Å². The average Bonchev–Trinajstić information content (AvgIpc) is 3.26. The van der Waals surface area contributed by atoms with E-state index in [-0.39, 0.29) is 24.1 Å². The van der Waals surface area contributed by atoms with Crippen molar-refractivity contribution in [1.82, 2.24) is 9.29 Å². The molecule has 3 aromatic rings. The first kappa shape index (κ1) is 23.3. The van der Waals surface area contributed by atoms with E-state index in [0.29, 0.717) is 44.9 Å². The van der Waals surface area contributed by atoms with Crippen LogP contribution in [0.5, 0.6) is 5.75 Å². The van der Waals surface area contributed by atoms with Crippen molar-refractivity contribution in [2.24, 2.45) is 0 Å². The van der Waals surface area contributed by atoms with Crippen molar-refractivity contribution in [3.63, 3.8) is 0 Å². The third-order valence-corrected chi connectivity index (χ3v) is 7.46. The third-order valence-electron chi connectivity index (χ3n) is 5.55. The Morgan fingerprint density at radius 2 is 1.79 bits per heavy atom. The molecule has 33 heavy (non-hydrogen) atoms. The molecule has 0 saturated carbocycles. The molecule has 0 unspecified atom stereocenters. The Hall–Kier alpha value is -2.88. The number of hydrogen-bond donors (Lipinski definition) is 1. The van der Waals surface area contributed by atoms with Gasteiger partial charge in [0.1, 0.15) is 19.0 Å². The lowest BCUT2D eigenvalue weighted by atomic mass is 10.1. The number of morpholine rings is 1. The zero-order chi connectivity index (χ0) is 23.1. The van der Waals surface area contributed by atoms with E-state index in [1.54, 1.807) is 12.1 Å². The lowest BCUT2D eigenvalue weighted by molar-refractivity contribution is -0.144. The molecule has 176 valence electrons. The van der Waals surface area contributed by atoms with E-state index in [1.807, 2.05) is 24.4 Å². The van der Waals surface area contributed by atoms with Crippen LogP contribution in [0.15, 0.2) is 59.6 Å². The quantitative estimate of drug-likeness (QED) is 0.360. The molecule has 0 amide bonds. The normalized spacial score (nSPS) is 14.9. The average molecular weight is 473 g/mol. The van der Waals surface area contributed by atoms with Gasteiger partial charge >= 0.3 is 5.97 Å². The van der Waals surface area contributed by atoms with Gasteiger partial charge in [-0.05, 0) is 48.7 Å². The number of H-pyrrole nitrogens is 1. The van der Waals surface area contributed by atoms with E-state index in [2.05, 4.69) is 11.1 Å². The van der Waals surface area contributed by atoms with Gasteiger partial charge in [-0.1, -0.05) is 18.2 Å². The Morgan fingerprint density at radius 1 is 1.03 bits per heavy atom. The highest BCUT2D eigenvalue weighted by Crippen LogP contribution is 2.21. The molecule has 2 aromatic carbocycles. The van der Waals surface area contributed by atoms with Crippen LogP contribution in [-0.2, 0) is 30.7 Å². The van der Waals surface area contributed by atoms with Crippen LogP contribution in [-0.4, -0.2) is 63.2 Å². The van der Waals surface area contributed by atoms with Crippen LogP contribution in [0.25, 0.3) is 10.9 Å². The number of sulfonamides is 1. The van der Waals surface area contributed by atoms with Gasteiger partial charge < -0.3 is 19.2 Å². The number of nitrogens with one attached hydrogen (secondary N) is 1. The summed E-state index contributed by atoms with van der Waals surface area (Å²) in [6.07, 6.45) is 3.84. The first-order valence-electron chi connectivity index (χ1n) is 11.1. The summed E-state index contributed by atoms with van der Waals surface area (Å²) in [5.41, 5.74) is 2.29. The molecular formula is C24H28N2O6S. The standard InChI is InChI=1S/C24H28N2O6S/c27-24(7-3-4-19-18-25-23-6-2-1-5-22(19)23)32-17-16-31-20-8-10-21(11-9-20)33(28,29)26-12-14-30-15-13-26/h1-2,5-6,8-11,18,25H,3-4,7,12-17H2. The molecule has 8 nitrogen and oxygen atoms in total. The molecule has 0 aliphatic carbocycles. The fraction of sp³-hybridized carbons (Fsp3) is 0.375. The number of carbonyl (C=O) groups excluding carboxylic acids is 1. The first-order chi connectivity index (χ1) is 16.0. The van der Waals surface area contributed by atoms with Crippen LogP contribution in [0, 0.1) is 0 Å². The summed E-state index contributed by atoms with van der Waals surface area (Å²) >= 11 is 0. The highest BCUT2D eigenvalue weighted by atomic mass is 32.2. The lowest BCUT2D eigenvalue weighted by Crippen LogP contribution is -2.40. The summed E-state index contributed by atoms with van der Waals surface area (Å²) in [4.78, 5) is 15.4. The molecule has 1 fully saturated rings. The summed E-state index contributed by atoms with van der Waals surface area (Å²) in [5, 5.41) is 1.18. The summed E-state index contributed by atoms with van der Waals surface area (Å²) in [5.74, 6) is 0.261. The van der Waals surface area contributed by atoms with E-state index in [4.69, 9.17) is 14.2 Å². The molecule has 9 heteroatoms. The zero-order valence-electron chi connectivity index (χ0n) is 18.4. The van der Waals surface area contributed by atoms with Gasteiger partial charge in [0.2, 0.25) is 10.0 Å². The fourth-order valence-electron chi connectivity index (χ4n) is 3.79. The third kappa shape index (κ3) is 5.93. The number of carbonyl (C=O) groups is 1. The molecule has 0 spiro atoms. The molecule has 0 bridgehead atoms. The van der Waals surface area contributed by atoms with Crippen LogP contribution in [0.4, 0.5) is 0 Å². The summed E-state index contributed by atoms with van der Waals surface area (Å²) in [6, 6.07) is 14.4. The maximum absolute atomic E-state index is 12.6. The number of aromatic amines is 1. The topological polar surface area (TPSA) is 97.9 Å². The van der Waals surface area contributed by atoms with Crippen LogP contribution in [0.1, 0.15) is 18.4 Å². The number of para-hydroxylation sites is 1. The van der Waals surface area contributed by atoms with Gasteiger partial charge in [-0.2, -0.15) is 4.31 Å². The number of hydrogen-bond acceptors (Lipinski definition) is 6. The minimum absolute atomic E-state index is 0.139. The maximum atomic E-state index is 12.6. The largest absolute Gasteiger partial charge is 0.490 e. The van der Waals surface area contributed by atoms with E-state index in [9.17, 15) is 13.2 Å². The summed E-state index contributed by atoms with van der Waals surface area (Å²) in [6.45, 7) is 1.86. The molecule has 1 aliphatic rings. The Morgan fingerprint density at radius 3 is 2.58 bits per heavy atom. The number of nitrogens with zero attached hydrogens (tertiary/aromatic N) is 1. The monoisotopic (exact) mass is 472 g/mol. The molecule has 1 aromatic heterocycles. The molecule has 1 aliphatic heterocycles. The Kier molecular flexibility index (Phi) is 7.64. The van der Waals surface area contributed by atoms with Crippen LogP contribution in [0.2, 0.25) is 0 Å². The van der Waals surface area contributed by atoms with E-state index in [1.165, 1.54) is 27.4 Å². The van der Waals surface area contributed by atoms with Gasteiger partial charge in [-0.15, -0.1) is 0 Å². The van der Waals surface area contributed by atoms with Crippen molar-refractivity contribution >= 4 is 26.9 Å². The Balaban J connectivity index is 1.15. The molecule has 4 rings (SSSR count). The van der Waals surface area contributed by atoms with Crippen molar-refractivity contribution in [3.05, 3.63) is 60.3 Å². The molecule has 0 atom stereocenters. The number of aryl methyl sites for hydroxylation is 1. The highest BCUT2D eigenvalue weighted by Gasteiger charge is 2.26. The van der Waals surface area contributed by atoms with Crippen LogP contribution < -0.4 is 4.74 Å². The zero-order valence-corrected chi connectivity index (χ0v) is 19.2. The van der Waals surface area contributed by atoms with Crippen molar-refractivity contribution in [2.45, 2.75) is 24.2 Å². The van der Waals surface area contributed by atoms with E-state index in [0.717, 1.165) is 11.9 Å². The second-order valence-electron chi connectivity index (χ2n) is 7.77. The smallest absolute Gasteiger partial charge is 0.305 e. The second-order valence-corrected chi connectivity index (χ2v) is 9.71. The van der Waals surface area contributed by atoms with E-state index >= 15 is 0 Å². The number of fused-ring (bicyclic) bond motifs is 1. The van der Waals surface area contributed by atoms with Gasteiger partial charge in [-0.25, -0.2) is 8.42 Å². The van der Waals surface area contributed by atoms with E-state index < -0.39 is 10.0 Å². The number of ether oxygens (including phenoxy) is 3. The van der Waals surface area contributed by atoms with Gasteiger partial charge in [-0.3, -0.25) is 4.79 Å². The van der Waals surface area contributed by atoms with Gasteiger partial charge in [0.15, 0.2) is 0 Å². The minimum Gasteiger partial charge on any atom is -0.490 e. The van der Waals surface area contributed by atoms with Crippen molar-refractivity contribution in [3.8, 4) is 5.75 Å². The second kappa shape index (κ2) is 10.8. The van der Waals surface area contributed by atoms with Crippen molar-refractivity contribution in [1.29, 1.82) is 0 Å². The number of benzene rings is 2. The molecule has 1 saturated heterocycles. The molecule has 2 heterocycles. The predicted octanol–water partition coefficient (Wildman–Crippen LogP) is 3.13. The fourth-order valence-corrected chi connectivity index (χ4v) is 5.20. The minimum atomic E-state index is -3.53. The first-order valence-corrected chi connectivity index (χ1v) is 12.5. The SMILES string of the molecule is O=C(CCCc1c[nH]c2ccccc12)OCCOc1ccc(S(=O)(=O)N2CCOCC2)cc1. The number of esters is 1. The Bertz CT molecular complexity index is 1170. The summed E-state index contributed by atoms with van der Waals surface area (Å²) < 4.78 is 42.7. The summed E-state index contributed by atoms with van der Waals surface area (Å²) in [7, 11) is -3.53. The molecule has 1 N–H and O–H groups in total. The number of aromatic nitrogens is 1. The molecular weight excluding hydrogens is 444 g/mol. The maximum Gasteiger partial charge on any atom is 0.305 e. The van der Waals surface area contributed by atoms with Gasteiger partial charge in [0, 0.05) is 36.6 Å². The predicted molar refractivity (Wildman–Crippen MR) is 124 cm³/mol. The number of rotatable bonds is 10. The van der Waals surface area contributed by atoms with Crippen LogP contribution in [0.3, 0.4) is 0 Å².